The van der Waals surface area contributed by atoms with E-state index in [1.807, 2.05) is 0 Å². The predicted molar refractivity (Wildman–Crippen MR) is 95.2 cm³/mol. The molecule has 2 aromatic heterocycles. The lowest BCUT2D eigenvalue weighted by Crippen LogP contribution is -2.43. The molecule has 2 N–H and O–H groups in total. The lowest BCUT2D eigenvalue weighted by molar-refractivity contribution is -0.136. The summed E-state index contributed by atoms with van der Waals surface area (Å²) in [6, 6.07) is 4.98. The molecule has 27 heavy (non-hydrogen) atoms. The number of carbonyl (C=O) groups excluding carboxylic acids is 3. The van der Waals surface area contributed by atoms with Crippen molar-refractivity contribution in [3.63, 3.8) is 0 Å². The summed E-state index contributed by atoms with van der Waals surface area (Å²) < 4.78 is 9.73. The van der Waals surface area contributed by atoms with Gasteiger partial charge in [0.2, 0.25) is 5.91 Å². The van der Waals surface area contributed by atoms with E-state index >= 15 is 0 Å². The van der Waals surface area contributed by atoms with E-state index in [9.17, 15) is 14.4 Å². The second-order valence-corrected chi connectivity index (χ2v) is 6.17. The minimum Gasteiger partial charge on any atom is -0.465 e. The monoisotopic (exact) mass is 372 g/mol. The van der Waals surface area contributed by atoms with Gasteiger partial charge in [0.1, 0.15) is 12.0 Å². The number of piperidine rings is 1. The molecule has 9 nitrogen and oxygen atoms in total. The van der Waals surface area contributed by atoms with E-state index in [-0.39, 0.29) is 17.6 Å². The van der Waals surface area contributed by atoms with E-state index in [1.54, 1.807) is 29.4 Å². The Morgan fingerprint density at radius 2 is 2.00 bits per heavy atom. The molecule has 2 aromatic rings. The van der Waals surface area contributed by atoms with Gasteiger partial charge < -0.3 is 19.2 Å². The van der Waals surface area contributed by atoms with Gasteiger partial charge in [0, 0.05) is 31.8 Å². The fourth-order valence-electron chi connectivity index (χ4n) is 2.77. The Morgan fingerprint density at radius 3 is 2.67 bits per heavy atom. The highest BCUT2D eigenvalue weighted by molar-refractivity contribution is 6.39. The van der Waals surface area contributed by atoms with E-state index < -0.39 is 11.8 Å². The van der Waals surface area contributed by atoms with Crippen LogP contribution in [0, 0.1) is 5.92 Å². The Kier molecular flexibility index (Phi) is 6.03. The lowest BCUT2D eigenvalue weighted by Gasteiger charge is -2.31. The first-order valence-electron chi connectivity index (χ1n) is 8.62. The molecule has 0 aromatic carbocycles. The average molecular weight is 372 g/mol. The van der Waals surface area contributed by atoms with Crippen LogP contribution < -0.4 is 10.6 Å². The highest BCUT2D eigenvalue weighted by Gasteiger charge is 2.23. The third-order valence-electron chi connectivity index (χ3n) is 4.30. The maximum atomic E-state index is 12.2. The topological polar surface area (TPSA) is 118 Å². The van der Waals surface area contributed by atoms with Crippen LogP contribution in [-0.4, -0.2) is 47.4 Å². The Bertz CT molecular complexity index is 790. The fraction of sp³-hybridized carbons (Fsp3) is 0.333. The molecule has 0 bridgehead atoms. The van der Waals surface area contributed by atoms with Gasteiger partial charge in [-0.2, -0.15) is 0 Å². The van der Waals surface area contributed by atoms with Crippen molar-refractivity contribution in [3.05, 3.63) is 42.6 Å². The highest BCUT2D eigenvalue weighted by atomic mass is 16.5. The van der Waals surface area contributed by atoms with Crippen LogP contribution in [0.4, 0.5) is 5.82 Å². The van der Waals surface area contributed by atoms with Gasteiger partial charge in [0.05, 0.1) is 6.26 Å². The third kappa shape index (κ3) is 5.30. The van der Waals surface area contributed by atoms with Gasteiger partial charge in [0.25, 0.3) is 0 Å². The summed E-state index contributed by atoms with van der Waals surface area (Å²) in [5.74, 6) is -0.556. The molecule has 0 spiro atoms. The SMILES string of the molecule is O=C(NCC1CCN(C(=O)/C=C/c2ccco2)CC1)C(=O)Nc1ccon1. The van der Waals surface area contributed by atoms with E-state index in [1.165, 1.54) is 18.4 Å². The van der Waals surface area contributed by atoms with Crippen molar-refractivity contribution in [2.75, 3.05) is 25.0 Å². The van der Waals surface area contributed by atoms with Gasteiger partial charge in [-0.3, -0.25) is 19.7 Å². The van der Waals surface area contributed by atoms with Crippen LogP contribution in [0.15, 0.2) is 45.7 Å². The van der Waals surface area contributed by atoms with Gasteiger partial charge in [-0.05, 0) is 37.0 Å². The van der Waals surface area contributed by atoms with Gasteiger partial charge in [0.15, 0.2) is 5.82 Å². The molecule has 0 saturated carbocycles. The van der Waals surface area contributed by atoms with Crippen LogP contribution in [0.3, 0.4) is 0 Å². The van der Waals surface area contributed by atoms with Crippen molar-refractivity contribution >= 4 is 29.6 Å². The molecule has 1 fully saturated rings. The number of furan rings is 1. The van der Waals surface area contributed by atoms with E-state index in [0.29, 0.717) is 25.4 Å². The Labute approximate surface area is 155 Å². The number of nitrogens with one attached hydrogen (secondary N) is 2. The number of amides is 3. The van der Waals surface area contributed by atoms with Gasteiger partial charge in [-0.25, -0.2) is 0 Å². The summed E-state index contributed by atoms with van der Waals surface area (Å²) >= 11 is 0. The van der Waals surface area contributed by atoms with Crippen LogP contribution in [0.1, 0.15) is 18.6 Å². The van der Waals surface area contributed by atoms with Crippen molar-refractivity contribution in [3.8, 4) is 0 Å². The smallest absolute Gasteiger partial charge is 0.314 e. The number of nitrogens with zero attached hydrogens (tertiary/aromatic N) is 2. The van der Waals surface area contributed by atoms with Crippen molar-refractivity contribution in [1.82, 2.24) is 15.4 Å². The number of aromatic nitrogens is 1. The average Bonchev–Trinajstić information content (AvgIpc) is 3.38. The third-order valence-corrected chi connectivity index (χ3v) is 4.30. The normalized spacial score (nSPS) is 15.0. The van der Waals surface area contributed by atoms with Crippen LogP contribution >= 0.6 is 0 Å². The lowest BCUT2D eigenvalue weighted by atomic mass is 9.96. The molecule has 1 aliphatic rings. The Balaban J connectivity index is 1.37. The molecule has 142 valence electrons. The highest BCUT2D eigenvalue weighted by Crippen LogP contribution is 2.17. The zero-order valence-electron chi connectivity index (χ0n) is 14.6. The second-order valence-electron chi connectivity index (χ2n) is 6.17. The number of hydrogen-bond acceptors (Lipinski definition) is 6. The van der Waals surface area contributed by atoms with Gasteiger partial charge in [-0.15, -0.1) is 0 Å². The molecule has 0 unspecified atom stereocenters. The maximum absolute atomic E-state index is 12.2. The van der Waals surface area contributed by atoms with Crippen molar-refractivity contribution in [1.29, 1.82) is 0 Å². The zero-order chi connectivity index (χ0) is 19.1. The summed E-state index contributed by atoms with van der Waals surface area (Å²) in [4.78, 5) is 37.5. The van der Waals surface area contributed by atoms with E-state index in [2.05, 4.69) is 20.3 Å². The Hall–Kier alpha value is -3.36. The molecular formula is C18H20N4O5. The Morgan fingerprint density at radius 1 is 1.19 bits per heavy atom. The van der Waals surface area contributed by atoms with Crippen molar-refractivity contribution < 1.29 is 23.3 Å². The molecule has 1 aliphatic heterocycles. The number of rotatable bonds is 5. The molecule has 3 amide bonds. The first kappa shape index (κ1) is 18.4. The number of anilines is 1. The van der Waals surface area contributed by atoms with E-state index in [4.69, 9.17) is 4.42 Å². The minimum absolute atomic E-state index is 0.0686. The fourth-order valence-corrected chi connectivity index (χ4v) is 2.77. The molecule has 3 rings (SSSR count). The maximum Gasteiger partial charge on any atom is 0.314 e. The van der Waals surface area contributed by atoms with Crippen molar-refractivity contribution in [2.45, 2.75) is 12.8 Å². The van der Waals surface area contributed by atoms with Gasteiger partial charge >= 0.3 is 11.8 Å². The largest absolute Gasteiger partial charge is 0.465 e. The van der Waals surface area contributed by atoms with E-state index in [0.717, 1.165) is 12.8 Å². The van der Waals surface area contributed by atoms with Crippen molar-refractivity contribution in [2.24, 2.45) is 5.92 Å². The summed E-state index contributed by atoms with van der Waals surface area (Å²) in [5.41, 5.74) is 0. The molecule has 3 heterocycles. The summed E-state index contributed by atoms with van der Waals surface area (Å²) in [6.45, 7) is 1.59. The standard InChI is InChI=1S/C18H20N4O5/c23-16(4-3-14-2-1-10-26-14)22-8-5-13(6-9-22)12-19-17(24)18(25)20-15-7-11-27-21-15/h1-4,7,10-11,13H,5-6,8-9,12H2,(H,19,24)(H,20,21,25)/b4-3+. The molecule has 1 saturated heterocycles. The minimum atomic E-state index is -0.792. The summed E-state index contributed by atoms with van der Waals surface area (Å²) in [7, 11) is 0. The molecule has 0 atom stereocenters. The number of carbonyl (C=O) groups is 3. The number of hydrogen-bond donors (Lipinski definition) is 2. The number of likely N-dealkylation sites (tertiary alicyclic amines) is 1. The van der Waals surface area contributed by atoms with Crippen LogP contribution in [0.5, 0.6) is 0 Å². The predicted octanol–water partition coefficient (Wildman–Crippen LogP) is 1.27. The first-order valence-corrected chi connectivity index (χ1v) is 8.62. The summed E-state index contributed by atoms with van der Waals surface area (Å²) in [6.07, 6.45) is 7.50. The first-order chi connectivity index (χ1) is 13.1. The van der Waals surface area contributed by atoms with Crippen LogP contribution in [0.2, 0.25) is 0 Å². The van der Waals surface area contributed by atoms with Crippen LogP contribution in [0.25, 0.3) is 6.08 Å². The molecule has 0 radical (unpaired) electrons. The molecule has 0 aliphatic carbocycles. The van der Waals surface area contributed by atoms with Crippen LogP contribution in [-0.2, 0) is 14.4 Å². The second kappa shape index (κ2) is 8.84. The summed E-state index contributed by atoms with van der Waals surface area (Å²) in [5, 5.41) is 8.46. The molecule has 9 heteroatoms. The van der Waals surface area contributed by atoms with Gasteiger partial charge in [-0.1, -0.05) is 5.16 Å². The quantitative estimate of drug-likeness (QED) is 0.603. The zero-order valence-corrected chi connectivity index (χ0v) is 14.6. The molecular weight excluding hydrogens is 352 g/mol.